The summed E-state index contributed by atoms with van der Waals surface area (Å²) in [7, 11) is 0. The zero-order chi connectivity index (χ0) is 24.6. The first-order chi connectivity index (χ1) is 15.2. The Kier molecular flexibility index (Phi) is 5.96. The van der Waals surface area contributed by atoms with Crippen molar-refractivity contribution in [1.29, 1.82) is 0 Å². The number of Topliss-reactive ketones (excluding diaryl/α,β-unsaturated/α-hetero) is 1. The summed E-state index contributed by atoms with van der Waals surface area (Å²) in [6.45, 7) is 17.6. The second kappa shape index (κ2) is 7.90. The summed E-state index contributed by atoms with van der Waals surface area (Å²) in [6.07, 6.45) is 10.4. The first-order valence-corrected chi connectivity index (χ1v) is 13.3. The molecule has 0 radical (unpaired) electrons. The van der Waals surface area contributed by atoms with Crippen molar-refractivity contribution in [3.05, 3.63) is 23.3 Å². The largest absolute Gasteiger partial charge is 0.389 e. The average Bonchev–Trinajstić information content (AvgIpc) is 2.96. The Morgan fingerprint density at radius 1 is 1.09 bits per heavy atom. The smallest absolute Gasteiger partial charge is 0.160 e. The molecule has 0 aliphatic heterocycles. The van der Waals surface area contributed by atoms with Gasteiger partial charge in [0.15, 0.2) is 5.78 Å². The van der Waals surface area contributed by atoms with Crippen LogP contribution in [0.15, 0.2) is 23.3 Å². The van der Waals surface area contributed by atoms with Crippen LogP contribution in [0.1, 0.15) is 100 Å². The quantitative estimate of drug-likeness (QED) is 0.481. The summed E-state index contributed by atoms with van der Waals surface area (Å²) in [5.74, 6) is 1.65. The Bertz CT molecular complexity index is 906. The van der Waals surface area contributed by atoms with Crippen molar-refractivity contribution in [2.75, 3.05) is 0 Å². The maximum absolute atomic E-state index is 13.7. The Morgan fingerprint density at radius 3 is 2.39 bits per heavy atom. The molecule has 3 saturated carbocycles. The molecule has 0 saturated heterocycles. The zero-order valence-electron chi connectivity index (χ0n) is 22.3. The number of allylic oxidation sites excluding steroid dienone is 3. The molecule has 0 spiro atoms. The minimum atomic E-state index is -0.568. The summed E-state index contributed by atoms with van der Waals surface area (Å²) in [5.41, 5.74) is 2.03. The van der Waals surface area contributed by atoms with E-state index in [1.807, 2.05) is 39.8 Å². The zero-order valence-corrected chi connectivity index (χ0v) is 22.3. The maximum atomic E-state index is 13.7. The molecule has 4 rings (SSSR count). The molecule has 4 aliphatic rings. The SMILES string of the molecule is CC(C)=C[C@H](O)C[C@@H](C)[C@@H]1CC[C@]2(C)C3=CC(=O)[C@H]4C(C)(C)C(=O)CC[C@]4(C)[C@H]3CC[C@@]12C. The van der Waals surface area contributed by atoms with Crippen molar-refractivity contribution < 1.29 is 14.7 Å². The lowest BCUT2D eigenvalue weighted by Crippen LogP contribution is -2.59. The van der Waals surface area contributed by atoms with Gasteiger partial charge in [-0.3, -0.25) is 9.59 Å². The van der Waals surface area contributed by atoms with E-state index in [1.165, 1.54) is 17.6 Å². The summed E-state index contributed by atoms with van der Waals surface area (Å²) in [6, 6.07) is 0. The first-order valence-electron chi connectivity index (χ1n) is 13.3. The van der Waals surface area contributed by atoms with Gasteiger partial charge in [-0.25, -0.2) is 0 Å². The van der Waals surface area contributed by atoms with Crippen molar-refractivity contribution in [2.24, 2.45) is 45.3 Å². The standard InChI is InChI=1S/C30H46O3/c1-18(2)15-20(31)16-19(3)21-9-13-30(8)23-17-24(32)26-27(4,5)25(33)11-12-28(26,6)22(23)10-14-29(21,30)7/h15,17,19-22,26,31H,9-14,16H2,1-8H3/t19-,20+,21+,22+,26+,28-,29+,30-/m1/s1. The summed E-state index contributed by atoms with van der Waals surface area (Å²) < 4.78 is 0. The number of aliphatic hydroxyl groups excluding tert-OH is 1. The van der Waals surface area contributed by atoms with E-state index < -0.39 is 5.41 Å². The fourth-order valence-corrected chi connectivity index (χ4v) is 9.36. The van der Waals surface area contributed by atoms with Gasteiger partial charge in [0.25, 0.3) is 0 Å². The van der Waals surface area contributed by atoms with E-state index in [0.717, 1.165) is 32.1 Å². The lowest BCUT2D eigenvalue weighted by molar-refractivity contribution is -0.155. The molecule has 0 bridgehead atoms. The van der Waals surface area contributed by atoms with E-state index >= 15 is 0 Å². The van der Waals surface area contributed by atoms with E-state index in [4.69, 9.17) is 0 Å². The highest BCUT2D eigenvalue weighted by atomic mass is 16.3. The molecule has 3 nitrogen and oxygen atoms in total. The maximum Gasteiger partial charge on any atom is 0.160 e. The monoisotopic (exact) mass is 454 g/mol. The van der Waals surface area contributed by atoms with Crippen LogP contribution in [0.2, 0.25) is 0 Å². The van der Waals surface area contributed by atoms with Gasteiger partial charge >= 0.3 is 0 Å². The van der Waals surface area contributed by atoms with Gasteiger partial charge in [-0.15, -0.1) is 0 Å². The number of carbonyl (C=O) groups is 2. The van der Waals surface area contributed by atoms with Gasteiger partial charge in [-0.1, -0.05) is 58.8 Å². The second-order valence-corrected chi connectivity index (χ2v) is 13.6. The highest BCUT2D eigenvalue weighted by Gasteiger charge is 2.66. The van der Waals surface area contributed by atoms with Crippen molar-refractivity contribution in [2.45, 2.75) is 106 Å². The topological polar surface area (TPSA) is 54.4 Å². The fourth-order valence-electron chi connectivity index (χ4n) is 9.36. The van der Waals surface area contributed by atoms with Gasteiger partial charge < -0.3 is 5.11 Å². The van der Waals surface area contributed by atoms with Crippen molar-refractivity contribution in [3.63, 3.8) is 0 Å². The van der Waals surface area contributed by atoms with E-state index in [2.05, 4.69) is 27.7 Å². The minimum absolute atomic E-state index is 0.0194. The molecule has 1 N–H and O–H groups in total. The molecular weight excluding hydrogens is 408 g/mol. The van der Waals surface area contributed by atoms with Crippen molar-refractivity contribution >= 4 is 11.6 Å². The van der Waals surface area contributed by atoms with Crippen molar-refractivity contribution in [3.8, 4) is 0 Å². The van der Waals surface area contributed by atoms with Crippen LogP contribution < -0.4 is 0 Å². The van der Waals surface area contributed by atoms with Crippen LogP contribution in [0.3, 0.4) is 0 Å². The van der Waals surface area contributed by atoms with Crippen molar-refractivity contribution in [1.82, 2.24) is 0 Å². The van der Waals surface area contributed by atoms with E-state index in [9.17, 15) is 14.7 Å². The minimum Gasteiger partial charge on any atom is -0.389 e. The molecule has 0 amide bonds. The Labute approximate surface area is 201 Å². The van der Waals surface area contributed by atoms with E-state index in [-0.39, 0.29) is 39.8 Å². The lowest BCUT2D eigenvalue weighted by atomic mass is 9.41. The van der Waals surface area contributed by atoms with Crippen LogP contribution in [0, 0.1) is 45.3 Å². The molecule has 4 aliphatic carbocycles. The van der Waals surface area contributed by atoms with Crippen LogP contribution in [0.25, 0.3) is 0 Å². The molecule has 3 fully saturated rings. The third-order valence-electron chi connectivity index (χ3n) is 11.2. The molecule has 0 heterocycles. The molecule has 0 aromatic heterocycles. The van der Waals surface area contributed by atoms with Gasteiger partial charge in [0.05, 0.1) is 6.10 Å². The van der Waals surface area contributed by atoms with Gasteiger partial charge in [0.1, 0.15) is 5.78 Å². The first kappa shape index (κ1) is 24.9. The predicted octanol–water partition coefficient (Wildman–Crippen LogP) is 6.69. The third kappa shape index (κ3) is 3.46. The summed E-state index contributed by atoms with van der Waals surface area (Å²) >= 11 is 0. The number of hydrogen-bond acceptors (Lipinski definition) is 3. The number of ketones is 2. The molecular formula is C30H46O3. The normalized spacial score (nSPS) is 43.7. The Hall–Kier alpha value is -1.22. The Balaban J connectivity index is 1.69. The molecule has 0 unspecified atom stereocenters. The number of rotatable bonds is 4. The molecule has 8 atom stereocenters. The van der Waals surface area contributed by atoms with Crippen LogP contribution in [0.5, 0.6) is 0 Å². The van der Waals surface area contributed by atoms with Gasteiger partial charge in [0, 0.05) is 17.8 Å². The van der Waals surface area contributed by atoms with Gasteiger partial charge in [-0.05, 0) is 92.4 Å². The number of fused-ring (bicyclic) bond motifs is 5. The number of aliphatic hydroxyl groups is 1. The second-order valence-electron chi connectivity index (χ2n) is 13.6. The highest BCUT2D eigenvalue weighted by molar-refractivity contribution is 6.00. The third-order valence-corrected chi connectivity index (χ3v) is 11.2. The van der Waals surface area contributed by atoms with Crippen LogP contribution >= 0.6 is 0 Å². The average molecular weight is 455 g/mol. The van der Waals surface area contributed by atoms with Crippen LogP contribution in [-0.2, 0) is 9.59 Å². The molecule has 33 heavy (non-hydrogen) atoms. The Morgan fingerprint density at radius 2 is 1.76 bits per heavy atom. The number of hydrogen-bond donors (Lipinski definition) is 1. The molecule has 0 aromatic rings. The predicted molar refractivity (Wildman–Crippen MR) is 134 cm³/mol. The van der Waals surface area contributed by atoms with Gasteiger partial charge in [-0.2, -0.15) is 0 Å². The van der Waals surface area contributed by atoms with Crippen LogP contribution in [-0.4, -0.2) is 22.8 Å². The molecule has 3 heteroatoms. The fraction of sp³-hybridized carbons (Fsp3) is 0.800. The lowest BCUT2D eigenvalue weighted by Gasteiger charge is -2.62. The van der Waals surface area contributed by atoms with Gasteiger partial charge in [0.2, 0.25) is 0 Å². The summed E-state index contributed by atoms with van der Waals surface area (Å²) in [5, 5.41) is 10.6. The highest BCUT2D eigenvalue weighted by Crippen LogP contribution is 2.72. The van der Waals surface area contributed by atoms with Crippen LogP contribution in [0.4, 0.5) is 0 Å². The molecule has 0 aromatic carbocycles. The molecule has 184 valence electrons. The van der Waals surface area contributed by atoms with E-state index in [1.54, 1.807) is 0 Å². The van der Waals surface area contributed by atoms with E-state index in [0.29, 0.717) is 24.2 Å². The number of carbonyl (C=O) groups excluding carboxylic acids is 2. The summed E-state index contributed by atoms with van der Waals surface area (Å²) in [4.78, 5) is 26.5.